The van der Waals surface area contributed by atoms with Gasteiger partial charge in [-0.05, 0) is 20.8 Å². The lowest BCUT2D eigenvalue weighted by Gasteiger charge is -2.18. The lowest BCUT2D eigenvalue weighted by atomic mass is 10.2. The highest BCUT2D eigenvalue weighted by Crippen LogP contribution is 2.07. The Morgan fingerprint density at radius 2 is 1.64 bits per heavy atom. The fourth-order valence-electron chi connectivity index (χ4n) is 0.414. The molecule has 0 aromatic carbocycles. The summed E-state index contributed by atoms with van der Waals surface area (Å²) in [6, 6.07) is 0. The summed E-state index contributed by atoms with van der Waals surface area (Å²) in [6.07, 6.45) is 0.456. The maximum atomic E-state index is 10.6. The van der Waals surface area contributed by atoms with Crippen molar-refractivity contribution in [3.8, 4) is 0 Å². The first-order valence-electron chi connectivity index (χ1n) is 4.17. The molecule has 11 heavy (non-hydrogen) atoms. The highest BCUT2D eigenvalue weighted by atomic mass is 16.6. The van der Waals surface area contributed by atoms with Crippen LogP contribution >= 0.6 is 0 Å². The first-order valence-corrected chi connectivity index (χ1v) is 4.17. The van der Waals surface area contributed by atoms with Crippen molar-refractivity contribution < 1.29 is 9.53 Å². The van der Waals surface area contributed by atoms with Crippen LogP contribution in [0.3, 0.4) is 0 Å². The van der Waals surface area contributed by atoms with E-state index >= 15 is 0 Å². The molecule has 0 radical (unpaired) electrons. The van der Waals surface area contributed by atoms with Gasteiger partial charge in [-0.3, -0.25) is 4.79 Å². The maximum absolute atomic E-state index is 10.6. The van der Waals surface area contributed by atoms with Crippen LogP contribution in [0.1, 0.15) is 48.0 Å². The summed E-state index contributed by atoms with van der Waals surface area (Å²) in [4.78, 5) is 10.6. The van der Waals surface area contributed by atoms with Crippen LogP contribution in [-0.2, 0) is 9.53 Å². The van der Waals surface area contributed by atoms with E-state index in [-0.39, 0.29) is 11.6 Å². The Labute approximate surface area is 69.9 Å². The van der Waals surface area contributed by atoms with Gasteiger partial charge in [0.2, 0.25) is 0 Å². The quantitative estimate of drug-likeness (QED) is 0.551. The fraction of sp³-hybridized carbons (Fsp3) is 0.889. The van der Waals surface area contributed by atoms with Crippen LogP contribution in [0.2, 0.25) is 0 Å². The van der Waals surface area contributed by atoms with Crippen LogP contribution in [-0.4, -0.2) is 11.6 Å². The molecule has 0 spiro atoms. The summed E-state index contributed by atoms with van der Waals surface area (Å²) in [5.74, 6) is -0.137. The predicted molar refractivity (Wildman–Crippen MR) is 47.5 cm³/mol. The van der Waals surface area contributed by atoms with Crippen molar-refractivity contribution in [2.75, 3.05) is 0 Å². The van der Waals surface area contributed by atoms with Gasteiger partial charge in [0.25, 0.3) is 0 Å². The molecule has 0 bridgehead atoms. The molecule has 0 saturated heterocycles. The zero-order valence-electron chi connectivity index (χ0n) is 8.52. The van der Waals surface area contributed by atoms with E-state index in [0.717, 1.165) is 0 Å². The van der Waals surface area contributed by atoms with E-state index in [1.54, 1.807) is 6.92 Å². The van der Waals surface area contributed by atoms with Crippen molar-refractivity contribution in [1.82, 2.24) is 0 Å². The van der Waals surface area contributed by atoms with Gasteiger partial charge >= 0.3 is 5.97 Å². The molecule has 68 valence electrons. The van der Waals surface area contributed by atoms with Gasteiger partial charge in [0, 0.05) is 6.42 Å². The van der Waals surface area contributed by atoms with Gasteiger partial charge in [-0.15, -0.1) is 0 Å². The number of carbonyl (C=O) groups is 1. The van der Waals surface area contributed by atoms with Crippen LogP contribution in [0.25, 0.3) is 0 Å². The van der Waals surface area contributed by atoms with E-state index in [4.69, 9.17) is 4.74 Å². The number of ether oxygens (including phenoxy) is 1. The average Bonchev–Trinajstić information content (AvgIpc) is 1.89. The molecule has 0 rings (SSSR count). The lowest BCUT2D eigenvalue weighted by molar-refractivity contribution is -0.154. The Hall–Kier alpha value is -0.530. The first-order chi connectivity index (χ1) is 4.95. The zero-order valence-corrected chi connectivity index (χ0v) is 8.52. The topological polar surface area (TPSA) is 26.3 Å². The summed E-state index contributed by atoms with van der Waals surface area (Å²) in [6.45, 7) is 11.4. The van der Waals surface area contributed by atoms with E-state index < -0.39 is 0 Å². The van der Waals surface area contributed by atoms with E-state index in [9.17, 15) is 4.79 Å². The van der Waals surface area contributed by atoms with E-state index in [0.29, 0.717) is 6.42 Å². The van der Waals surface area contributed by atoms with Crippen molar-refractivity contribution in [2.45, 2.75) is 53.6 Å². The molecule has 0 atom stereocenters. The van der Waals surface area contributed by atoms with Crippen LogP contribution in [0.15, 0.2) is 0 Å². The van der Waals surface area contributed by atoms with Crippen molar-refractivity contribution >= 4 is 5.97 Å². The molecular formula is C9H20O2. The highest BCUT2D eigenvalue weighted by Gasteiger charge is 2.13. The first kappa shape index (κ1) is 13.1. The molecule has 0 amide bonds. The largest absolute Gasteiger partial charge is 0.460 e. The molecule has 0 aliphatic carbocycles. The minimum absolute atomic E-state index is 0.137. The number of esters is 1. The van der Waals surface area contributed by atoms with Crippen LogP contribution in [0, 0.1) is 0 Å². The summed E-state index contributed by atoms with van der Waals surface area (Å²) in [5, 5.41) is 0. The molecule has 0 unspecified atom stereocenters. The maximum Gasteiger partial charge on any atom is 0.306 e. The highest BCUT2D eigenvalue weighted by molar-refractivity contribution is 5.69. The van der Waals surface area contributed by atoms with E-state index in [2.05, 4.69) is 0 Å². The van der Waals surface area contributed by atoms with Crippen molar-refractivity contribution in [3.63, 3.8) is 0 Å². The minimum Gasteiger partial charge on any atom is -0.460 e. The third kappa shape index (κ3) is 12.6. The van der Waals surface area contributed by atoms with Crippen LogP contribution in [0.4, 0.5) is 0 Å². The van der Waals surface area contributed by atoms with E-state index in [1.165, 1.54) is 0 Å². The molecule has 0 fully saturated rings. The summed E-state index contributed by atoms with van der Waals surface area (Å²) >= 11 is 0. The monoisotopic (exact) mass is 160 g/mol. The SMILES string of the molecule is CC.CCC(=O)OC(C)(C)C. The molecule has 0 saturated carbocycles. The lowest BCUT2D eigenvalue weighted by Crippen LogP contribution is -2.23. The Morgan fingerprint density at radius 3 is 1.73 bits per heavy atom. The second-order valence-corrected chi connectivity index (χ2v) is 2.94. The van der Waals surface area contributed by atoms with Gasteiger partial charge in [0.05, 0.1) is 0 Å². The number of rotatable bonds is 1. The number of hydrogen-bond donors (Lipinski definition) is 0. The van der Waals surface area contributed by atoms with Crippen molar-refractivity contribution in [1.29, 1.82) is 0 Å². The normalized spacial score (nSPS) is 9.64. The third-order valence-electron chi connectivity index (χ3n) is 0.709. The van der Waals surface area contributed by atoms with Crippen molar-refractivity contribution in [2.24, 2.45) is 0 Å². The average molecular weight is 160 g/mol. The Balaban J connectivity index is 0. The summed E-state index contributed by atoms with van der Waals surface area (Å²) < 4.78 is 4.95. The second-order valence-electron chi connectivity index (χ2n) is 2.94. The molecule has 0 N–H and O–H groups in total. The van der Waals surface area contributed by atoms with Crippen LogP contribution < -0.4 is 0 Å². The minimum atomic E-state index is -0.326. The molecule has 2 heteroatoms. The van der Waals surface area contributed by atoms with Gasteiger partial charge in [-0.2, -0.15) is 0 Å². The molecule has 0 aliphatic heterocycles. The predicted octanol–water partition coefficient (Wildman–Crippen LogP) is 2.76. The van der Waals surface area contributed by atoms with Crippen LogP contribution in [0.5, 0.6) is 0 Å². The van der Waals surface area contributed by atoms with E-state index in [1.807, 2.05) is 34.6 Å². The zero-order chi connectivity index (χ0) is 9.49. The summed E-state index contributed by atoms with van der Waals surface area (Å²) in [5.41, 5.74) is -0.326. The van der Waals surface area contributed by atoms with Crippen molar-refractivity contribution in [3.05, 3.63) is 0 Å². The number of hydrogen-bond acceptors (Lipinski definition) is 2. The Morgan fingerprint density at radius 1 is 1.27 bits per heavy atom. The third-order valence-corrected chi connectivity index (χ3v) is 0.709. The molecule has 0 aliphatic rings. The second kappa shape index (κ2) is 6.20. The Kier molecular flexibility index (Phi) is 7.37. The van der Waals surface area contributed by atoms with Gasteiger partial charge in [0.15, 0.2) is 0 Å². The molecule has 2 nitrogen and oxygen atoms in total. The molecule has 0 heterocycles. The Bertz CT molecular complexity index is 101. The van der Waals surface area contributed by atoms with Gasteiger partial charge in [-0.1, -0.05) is 20.8 Å². The van der Waals surface area contributed by atoms with Gasteiger partial charge in [0.1, 0.15) is 5.60 Å². The van der Waals surface area contributed by atoms with Gasteiger partial charge in [-0.25, -0.2) is 0 Å². The standard InChI is InChI=1S/C7H14O2.C2H6/c1-5-6(8)9-7(2,3)4;1-2/h5H2,1-4H3;1-2H3. The molecule has 0 aromatic rings. The fourth-order valence-corrected chi connectivity index (χ4v) is 0.414. The number of carbonyl (C=O) groups excluding carboxylic acids is 1. The molecular weight excluding hydrogens is 140 g/mol. The summed E-state index contributed by atoms with van der Waals surface area (Å²) in [7, 11) is 0. The smallest absolute Gasteiger partial charge is 0.306 e. The van der Waals surface area contributed by atoms with Gasteiger partial charge < -0.3 is 4.74 Å². The molecule has 0 aromatic heterocycles.